The highest BCUT2D eigenvalue weighted by atomic mass is 16.4. The Kier molecular flexibility index (Phi) is 2.33. The topological polar surface area (TPSA) is 47.2 Å². The van der Waals surface area contributed by atoms with Crippen LogP contribution in [0.2, 0.25) is 0 Å². The van der Waals surface area contributed by atoms with Crippen LogP contribution in [0.1, 0.15) is 11.7 Å². The average Bonchev–Trinajstić information content (AvgIpc) is 2.79. The molecule has 2 rings (SSSR count). The molecule has 0 aliphatic heterocycles. The van der Waals surface area contributed by atoms with Gasteiger partial charge in [0.25, 0.3) is 0 Å². The van der Waals surface area contributed by atoms with E-state index in [9.17, 15) is 9.90 Å². The van der Waals surface area contributed by atoms with Crippen LogP contribution in [0.25, 0.3) is 0 Å². The molecule has 0 amide bonds. The summed E-state index contributed by atoms with van der Waals surface area (Å²) in [7, 11) is 1.84. The Morgan fingerprint density at radius 2 is 1.93 bits per heavy atom. The molecule has 1 atom stereocenters. The van der Waals surface area contributed by atoms with Gasteiger partial charge in [0.1, 0.15) is 0 Å². The number of carbonyl (C=O) groups is 1. The molecule has 15 heavy (non-hydrogen) atoms. The molecule has 0 saturated carbocycles. The third kappa shape index (κ3) is 1.66. The molecule has 2 aromatic rings. The number of hydrogen-bond acceptors (Lipinski definition) is 1. The van der Waals surface area contributed by atoms with Crippen LogP contribution in [0, 0.1) is 0 Å². The lowest BCUT2D eigenvalue weighted by Gasteiger charge is -2.15. The predicted octanol–water partition coefficient (Wildman–Crippen LogP) is 1.50. The number of carboxylic acids is 1. The predicted molar refractivity (Wildman–Crippen MR) is 55.6 cm³/mol. The van der Waals surface area contributed by atoms with Crippen molar-refractivity contribution in [3.8, 4) is 0 Å². The molecule has 78 valence electrons. The Labute approximate surface area is 87.4 Å². The molecular weight excluding hydrogens is 192 g/mol. The van der Waals surface area contributed by atoms with Gasteiger partial charge in [-0.25, -0.2) is 4.79 Å². The van der Waals surface area contributed by atoms with Crippen molar-refractivity contribution in [3.05, 3.63) is 48.5 Å². The Bertz CT molecular complexity index is 457. The van der Waals surface area contributed by atoms with Gasteiger partial charge in [0.05, 0.1) is 5.69 Å². The molecule has 0 aromatic carbocycles. The molecule has 2 aromatic heterocycles. The van der Waals surface area contributed by atoms with E-state index >= 15 is 0 Å². The van der Waals surface area contributed by atoms with Crippen LogP contribution < -0.4 is 0 Å². The molecule has 0 saturated heterocycles. The molecular formula is C11H12N2O2. The monoisotopic (exact) mass is 204 g/mol. The zero-order valence-corrected chi connectivity index (χ0v) is 8.37. The molecule has 0 aliphatic rings. The summed E-state index contributed by atoms with van der Waals surface area (Å²) < 4.78 is 3.50. The van der Waals surface area contributed by atoms with Gasteiger partial charge in [-0.2, -0.15) is 0 Å². The summed E-state index contributed by atoms with van der Waals surface area (Å²) in [6.45, 7) is 0. The number of nitrogens with zero attached hydrogens (tertiary/aromatic N) is 2. The van der Waals surface area contributed by atoms with Crippen LogP contribution in [0.15, 0.2) is 42.9 Å². The van der Waals surface area contributed by atoms with Crippen molar-refractivity contribution in [1.29, 1.82) is 0 Å². The molecule has 0 spiro atoms. The fourth-order valence-electron chi connectivity index (χ4n) is 1.69. The Balaban J connectivity index is 2.46. The van der Waals surface area contributed by atoms with E-state index in [2.05, 4.69) is 0 Å². The van der Waals surface area contributed by atoms with E-state index in [1.165, 1.54) is 0 Å². The largest absolute Gasteiger partial charge is 0.479 e. The van der Waals surface area contributed by atoms with E-state index in [0.717, 1.165) is 5.69 Å². The van der Waals surface area contributed by atoms with Crippen molar-refractivity contribution in [2.75, 3.05) is 0 Å². The second kappa shape index (κ2) is 3.65. The highest BCUT2D eigenvalue weighted by molar-refractivity contribution is 5.75. The number of hydrogen-bond donors (Lipinski definition) is 1. The summed E-state index contributed by atoms with van der Waals surface area (Å²) in [5.41, 5.74) is 0.763. The second-order valence-electron chi connectivity index (χ2n) is 3.41. The van der Waals surface area contributed by atoms with Crippen LogP contribution in [0.3, 0.4) is 0 Å². The highest BCUT2D eigenvalue weighted by Gasteiger charge is 2.22. The van der Waals surface area contributed by atoms with Gasteiger partial charge in [-0.3, -0.25) is 0 Å². The van der Waals surface area contributed by atoms with Crippen LogP contribution in [0.5, 0.6) is 0 Å². The number of aromatic nitrogens is 2. The maximum absolute atomic E-state index is 11.2. The first kappa shape index (κ1) is 9.58. The lowest BCUT2D eigenvalue weighted by molar-refractivity contribution is -0.139. The van der Waals surface area contributed by atoms with E-state index in [0.29, 0.717) is 0 Å². The van der Waals surface area contributed by atoms with Gasteiger partial charge in [0.15, 0.2) is 6.04 Å². The van der Waals surface area contributed by atoms with Crippen LogP contribution in [-0.2, 0) is 11.8 Å². The molecule has 0 aliphatic carbocycles. The Hall–Kier alpha value is -1.97. The molecule has 0 radical (unpaired) electrons. The van der Waals surface area contributed by atoms with Gasteiger partial charge in [0.2, 0.25) is 0 Å². The smallest absolute Gasteiger partial charge is 0.332 e. The van der Waals surface area contributed by atoms with Crippen LogP contribution in [-0.4, -0.2) is 20.2 Å². The molecule has 4 nitrogen and oxygen atoms in total. The van der Waals surface area contributed by atoms with Gasteiger partial charge >= 0.3 is 5.97 Å². The Morgan fingerprint density at radius 1 is 1.27 bits per heavy atom. The molecule has 1 unspecified atom stereocenters. The zero-order chi connectivity index (χ0) is 10.8. The standard InChI is InChI=1S/C11H12N2O2/c1-12-6-4-5-9(12)10(11(14)15)13-7-2-3-8-13/h2-8,10H,1H3,(H,14,15). The lowest BCUT2D eigenvalue weighted by Crippen LogP contribution is -2.21. The van der Waals surface area contributed by atoms with Gasteiger partial charge in [-0.15, -0.1) is 0 Å². The molecule has 0 fully saturated rings. The number of aliphatic carboxylic acids is 1. The SMILES string of the molecule is Cn1cccc1C(C(=O)O)n1cccc1. The maximum Gasteiger partial charge on any atom is 0.332 e. The summed E-state index contributed by atoms with van der Waals surface area (Å²) in [4.78, 5) is 11.2. The number of carboxylic acid groups (broad SMARTS) is 1. The first-order valence-corrected chi connectivity index (χ1v) is 4.66. The summed E-state index contributed by atoms with van der Waals surface area (Å²) in [6, 6.07) is 6.64. The van der Waals surface area contributed by atoms with Crippen molar-refractivity contribution in [3.63, 3.8) is 0 Å². The summed E-state index contributed by atoms with van der Waals surface area (Å²) in [5.74, 6) is -0.854. The van der Waals surface area contributed by atoms with Crippen molar-refractivity contribution in [1.82, 2.24) is 9.13 Å². The van der Waals surface area contributed by atoms with Crippen molar-refractivity contribution >= 4 is 5.97 Å². The second-order valence-corrected chi connectivity index (χ2v) is 3.41. The maximum atomic E-state index is 11.2. The summed E-state index contributed by atoms with van der Waals surface area (Å²) >= 11 is 0. The third-order valence-electron chi connectivity index (χ3n) is 2.42. The normalized spacial score (nSPS) is 12.6. The van der Waals surface area contributed by atoms with Crippen molar-refractivity contribution in [2.24, 2.45) is 7.05 Å². The van der Waals surface area contributed by atoms with E-state index < -0.39 is 12.0 Å². The summed E-state index contributed by atoms with van der Waals surface area (Å²) in [5, 5.41) is 9.21. The fraction of sp³-hybridized carbons (Fsp3) is 0.182. The van der Waals surface area contributed by atoms with Crippen molar-refractivity contribution in [2.45, 2.75) is 6.04 Å². The average molecular weight is 204 g/mol. The first-order valence-electron chi connectivity index (χ1n) is 4.66. The van der Waals surface area contributed by atoms with E-state index in [4.69, 9.17) is 0 Å². The van der Waals surface area contributed by atoms with Crippen LogP contribution >= 0.6 is 0 Å². The summed E-state index contributed by atoms with van der Waals surface area (Å²) in [6.07, 6.45) is 5.35. The van der Waals surface area contributed by atoms with Gasteiger partial charge < -0.3 is 14.2 Å². The first-order chi connectivity index (χ1) is 7.20. The molecule has 0 bridgehead atoms. The van der Waals surface area contributed by atoms with E-state index in [1.54, 1.807) is 17.0 Å². The number of rotatable bonds is 3. The fourth-order valence-corrected chi connectivity index (χ4v) is 1.69. The van der Waals surface area contributed by atoms with E-state index in [1.807, 2.05) is 42.1 Å². The quantitative estimate of drug-likeness (QED) is 0.823. The van der Waals surface area contributed by atoms with Gasteiger partial charge in [-0.05, 0) is 24.3 Å². The van der Waals surface area contributed by atoms with Gasteiger partial charge in [0, 0.05) is 25.6 Å². The van der Waals surface area contributed by atoms with Crippen molar-refractivity contribution < 1.29 is 9.90 Å². The minimum absolute atomic E-state index is 0.653. The molecule has 2 heterocycles. The Morgan fingerprint density at radius 3 is 2.40 bits per heavy atom. The highest BCUT2D eigenvalue weighted by Crippen LogP contribution is 2.18. The molecule has 1 N–H and O–H groups in total. The zero-order valence-electron chi connectivity index (χ0n) is 8.37. The van der Waals surface area contributed by atoms with E-state index in [-0.39, 0.29) is 0 Å². The van der Waals surface area contributed by atoms with Gasteiger partial charge in [-0.1, -0.05) is 0 Å². The van der Waals surface area contributed by atoms with Crippen LogP contribution in [0.4, 0.5) is 0 Å². The minimum Gasteiger partial charge on any atom is -0.479 e. The molecule has 4 heteroatoms. The third-order valence-corrected chi connectivity index (χ3v) is 2.42. The number of aryl methyl sites for hydroxylation is 1. The minimum atomic E-state index is -0.854. The lowest BCUT2D eigenvalue weighted by atomic mass is 10.2.